The van der Waals surface area contributed by atoms with Gasteiger partial charge in [0.15, 0.2) is 0 Å². The molecule has 2 atom stereocenters. The number of likely N-dealkylation sites (tertiary alicyclic amines) is 1. The highest BCUT2D eigenvalue weighted by Gasteiger charge is 2.40. The fraction of sp³-hybridized carbons (Fsp3) is 0.680. The van der Waals surface area contributed by atoms with Crippen molar-refractivity contribution in [2.75, 3.05) is 38.2 Å². The summed E-state index contributed by atoms with van der Waals surface area (Å²) in [5.41, 5.74) is 0.0202. The molecule has 1 aromatic carbocycles. The minimum absolute atomic E-state index is 0.104. The van der Waals surface area contributed by atoms with Gasteiger partial charge in [0.25, 0.3) is 0 Å². The molecule has 3 rings (SSSR count). The summed E-state index contributed by atoms with van der Waals surface area (Å²) < 4.78 is 51.1. The first-order valence-corrected chi connectivity index (χ1v) is 11.9. The third-order valence-electron chi connectivity index (χ3n) is 6.74. The van der Waals surface area contributed by atoms with Crippen LogP contribution in [0.3, 0.4) is 0 Å². The molecule has 0 aliphatic carbocycles. The number of hydrogen-bond acceptors (Lipinski definition) is 5. The number of nitrogens with zero attached hydrogens (tertiary/aromatic N) is 2. The molecule has 2 aliphatic rings. The Labute approximate surface area is 199 Å². The summed E-state index contributed by atoms with van der Waals surface area (Å²) in [6.45, 7) is 9.28. The zero-order valence-corrected chi connectivity index (χ0v) is 20.6. The van der Waals surface area contributed by atoms with E-state index in [1.54, 1.807) is 11.0 Å². The highest BCUT2D eigenvalue weighted by molar-refractivity contribution is 5.73. The topological polar surface area (TPSA) is 59.1 Å². The number of hydrogen-bond donors (Lipinski definition) is 0. The number of rotatable bonds is 4. The van der Waals surface area contributed by atoms with Crippen molar-refractivity contribution in [3.05, 3.63) is 29.3 Å². The third kappa shape index (κ3) is 5.96. The van der Waals surface area contributed by atoms with Crippen molar-refractivity contribution in [2.45, 2.75) is 64.7 Å². The van der Waals surface area contributed by atoms with E-state index in [1.165, 1.54) is 13.2 Å². The van der Waals surface area contributed by atoms with Gasteiger partial charge >= 0.3 is 18.2 Å². The molecule has 0 bridgehead atoms. The Morgan fingerprint density at radius 3 is 2.26 bits per heavy atom. The highest BCUT2D eigenvalue weighted by atomic mass is 19.4. The summed E-state index contributed by atoms with van der Waals surface area (Å²) in [5, 5.41) is 0. The van der Waals surface area contributed by atoms with E-state index in [0.717, 1.165) is 18.1 Å². The first-order chi connectivity index (χ1) is 15.8. The van der Waals surface area contributed by atoms with Crippen molar-refractivity contribution in [1.29, 1.82) is 0 Å². The number of piperidine rings is 1. The molecule has 6 nitrogen and oxygen atoms in total. The lowest BCUT2D eigenvalue weighted by Crippen LogP contribution is -2.38. The van der Waals surface area contributed by atoms with Crippen molar-refractivity contribution >= 4 is 17.7 Å². The Morgan fingerprint density at radius 2 is 1.74 bits per heavy atom. The maximum absolute atomic E-state index is 13.6. The predicted molar refractivity (Wildman–Crippen MR) is 123 cm³/mol. The molecular formula is C25H35F3N2O4. The van der Waals surface area contributed by atoms with Crippen LogP contribution < -0.4 is 4.90 Å². The summed E-state index contributed by atoms with van der Waals surface area (Å²) in [5.74, 6) is -0.518. The number of carbonyl (C=O) groups excluding carboxylic acids is 2. The number of halogens is 3. The molecule has 1 aromatic rings. The summed E-state index contributed by atoms with van der Waals surface area (Å²) in [7, 11) is 1.35. The molecule has 0 N–H and O–H groups in total. The van der Waals surface area contributed by atoms with Crippen LogP contribution in [-0.4, -0.2) is 55.9 Å². The Hall–Kier alpha value is -2.45. The minimum Gasteiger partial charge on any atom is -0.469 e. The van der Waals surface area contributed by atoms with Crippen LogP contribution in [0.15, 0.2) is 18.2 Å². The van der Waals surface area contributed by atoms with Gasteiger partial charge in [0.05, 0.1) is 18.6 Å². The molecule has 34 heavy (non-hydrogen) atoms. The Balaban J connectivity index is 1.91. The Morgan fingerprint density at radius 1 is 1.09 bits per heavy atom. The van der Waals surface area contributed by atoms with Crippen molar-refractivity contribution < 1.29 is 32.2 Å². The van der Waals surface area contributed by atoms with Gasteiger partial charge in [-0.2, -0.15) is 13.2 Å². The minimum atomic E-state index is -4.46. The maximum Gasteiger partial charge on any atom is 0.416 e. The zero-order valence-electron chi connectivity index (χ0n) is 20.6. The molecule has 1 amide bonds. The van der Waals surface area contributed by atoms with Gasteiger partial charge < -0.3 is 19.3 Å². The first kappa shape index (κ1) is 26.2. The second-order valence-electron chi connectivity index (χ2n) is 10.2. The van der Waals surface area contributed by atoms with Crippen molar-refractivity contribution in [3.63, 3.8) is 0 Å². The number of benzene rings is 1. The van der Waals surface area contributed by atoms with E-state index in [1.807, 2.05) is 32.6 Å². The number of methoxy groups -OCH3 is 1. The lowest BCUT2D eigenvalue weighted by molar-refractivity contribution is -0.146. The van der Waals surface area contributed by atoms with E-state index in [0.29, 0.717) is 44.7 Å². The first-order valence-electron chi connectivity index (χ1n) is 11.9. The van der Waals surface area contributed by atoms with Gasteiger partial charge in [-0.15, -0.1) is 0 Å². The summed E-state index contributed by atoms with van der Waals surface area (Å²) in [6.07, 6.45) is -3.03. The largest absolute Gasteiger partial charge is 0.469 e. The standard InChI is InChI=1S/C25H35F3N2O4/c1-6-16-14-30(23(32)34-24(2,3)4)15-20(16)19-8-7-18(25(26,27)28)13-21(19)29-11-9-17(10-12-29)22(31)33-5/h7-8,13,16-17,20H,6,9-12,14-15H2,1-5H3/t16-,20-/m0/s1. The van der Waals surface area contributed by atoms with E-state index in [4.69, 9.17) is 9.47 Å². The number of alkyl halides is 3. The molecule has 2 heterocycles. The molecule has 2 fully saturated rings. The van der Waals surface area contributed by atoms with Gasteiger partial charge in [-0.25, -0.2) is 4.79 Å². The van der Waals surface area contributed by atoms with Gasteiger partial charge in [0.2, 0.25) is 0 Å². The lowest BCUT2D eigenvalue weighted by atomic mass is 9.85. The van der Waals surface area contributed by atoms with Crippen LogP contribution in [0, 0.1) is 11.8 Å². The summed E-state index contributed by atoms with van der Waals surface area (Å²) in [6, 6.07) is 3.91. The van der Waals surface area contributed by atoms with Crippen LogP contribution in [0.5, 0.6) is 0 Å². The van der Waals surface area contributed by atoms with Gasteiger partial charge in [-0.05, 0) is 57.2 Å². The quantitative estimate of drug-likeness (QED) is 0.532. The summed E-state index contributed by atoms with van der Waals surface area (Å²) in [4.78, 5) is 28.2. The maximum atomic E-state index is 13.6. The Kier molecular flexibility index (Phi) is 7.72. The lowest BCUT2D eigenvalue weighted by Gasteiger charge is -2.35. The number of ether oxygens (including phenoxy) is 2. The van der Waals surface area contributed by atoms with Crippen LogP contribution in [0.25, 0.3) is 0 Å². The molecule has 0 unspecified atom stereocenters. The van der Waals surface area contributed by atoms with E-state index in [9.17, 15) is 22.8 Å². The van der Waals surface area contributed by atoms with Crippen molar-refractivity contribution in [3.8, 4) is 0 Å². The number of anilines is 1. The smallest absolute Gasteiger partial charge is 0.416 e. The molecule has 0 spiro atoms. The number of carbonyl (C=O) groups is 2. The van der Waals surface area contributed by atoms with Gasteiger partial charge in [0, 0.05) is 37.8 Å². The molecular weight excluding hydrogens is 449 g/mol. The van der Waals surface area contributed by atoms with Crippen molar-refractivity contribution in [1.82, 2.24) is 4.90 Å². The van der Waals surface area contributed by atoms with Crippen LogP contribution in [0.1, 0.15) is 64.0 Å². The SMILES string of the molecule is CC[C@H]1CN(C(=O)OC(C)(C)C)C[C@@H]1c1ccc(C(F)(F)F)cc1N1CCC(C(=O)OC)CC1. The number of esters is 1. The average Bonchev–Trinajstić information content (AvgIpc) is 3.21. The van der Waals surface area contributed by atoms with E-state index < -0.39 is 23.4 Å². The van der Waals surface area contributed by atoms with Crippen LogP contribution >= 0.6 is 0 Å². The molecule has 0 radical (unpaired) electrons. The Bertz CT molecular complexity index is 889. The molecule has 190 valence electrons. The fourth-order valence-electron chi connectivity index (χ4n) is 4.94. The van der Waals surface area contributed by atoms with Crippen LogP contribution in [0.4, 0.5) is 23.7 Å². The second-order valence-corrected chi connectivity index (χ2v) is 10.2. The van der Waals surface area contributed by atoms with E-state index in [-0.39, 0.29) is 23.7 Å². The van der Waals surface area contributed by atoms with Crippen molar-refractivity contribution in [2.24, 2.45) is 11.8 Å². The molecule has 0 saturated carbocycles. The van der Waals surface area contributed by atoms with Gasteiger partial charge in [-0.1, -0.05) is 19.4 Å². The van der Waals surface area contributed by atoms with E-state index in [2.05, 4.69) is 0 Å². The normalized spacial score (nSPS) is 22.1. The summed E-state index contributed by atoms with van der Waals surface area (Å²) >= 11 is 0. The number of amides is 1. The van der Waals surface area contributed by atoms with E-state index >= 15 is 0 Å². The highest BCUT2D eigenvalue weighted by Crippen LogP contribution is 2.43. The monoisotopic (exact) mass is 484 g/mol. The molecule has 2 aliphatic heterocycles. The van der Waals surface area contributed by atoms with Crippen LogP contribution in [0.2, 0.25) is 0 Å². The fourth-order valence-corrected chi connectivity index (χ4v) is 4.94. The van der Waals surface area contributed by atoms with Crippen LogP contribution in [-0.2, 0) is 20.4 Å². The third-order valence-corrected chi connectivity index (χ3v) is 6.74. The molecule has 2 saturated heterocycles. The molecule has 9 heteroatoms. The van der Waals surface area contributed by atoms with Gasteiger partial charge in [-0.3, -0.25) is 4.79 Å². The predicted octanol–water partition coefficient (Wildman–Crippen LogP) is 5.46. The zero-order chi connectivity index (χ0) is 25.3. The average molecular weight is 485 g/mol. The van der Waals surface area contributed by atoms with Gasteiger partial charge in [0.1, 0.15) is 5.60 Å². The molecule has 0 aromatic heterocycles. The second kappa shape index (κ2) is 10.0.